The van der Waals surface area contributed by atoms with Gasteiger partial charge in [0, 0.05) is 5.56 Å². The van der Waals surface area contributed by atoms with Crippen molar-refractivity contribution in [2.24, 2.45) is 0 Å². The molecular weight excluding hydrogens is 252 g/mol. The van der Waals surface area contributed by atoms with E-state index in [0.717, 1.165) is 0 Å². The second-order valence-corrected chi connectivity index (χ2v) is 5.47. The molecule has 0 N–H and O–H groups in total. The molecule has 0 saturated heterocycles. The van der Waals surface area contributed by atoms with Gasteiger partial charge in [-0.25, -0.2) is 0 Å². The van der Waals surface area contributed by atoms with Crippen molar-refractivity contribution in [2.45, 2.75) is 26.4 Å². The number of rotatable bonds is 4. The molecule has 3 heteroatoms. The van der Waals surface area contributed by atoms with Gasteiger partial charge in [0.15, 0.2) is 11.5 Å². The van der Waals surface area contributed by atoms with Crippen molar-refractivity contribution in [3.63, 3.8) is 0 Å². The highest BCUT2D eigenvalue weighted by atomic mass is 17.2. The molecule has 0 bridgehead atoms. The summed E-state index contributed by atoms with van der Waals surface area (Å²) in [5, 5.41) is 0. The van der Waals surface area contributed by atoms with Gasteiger partial charge in [-0.2, -0.15) is 4.89 Å². The summed E-state index contributed by atoms with van der Waals surface area (Å²) in [6.45, 7) is 5.65. The number of ketones is 1. The van der Waals surface area contributed by atoms with E-state index in [9.17, 15) is 4.79 Å². The summed E-state index contributed by atoms with van der Waals surface area (Å²) in [4.78, 5) is 23.1. The third-order valence-corrected chi connectivity index (χ3v) is 2.55. The van der Waals surface area contributed by atoms with E-state index in [1.807, 2.05) is 45.0 Å². The molecule has 3 nitrogen and oxygen atoms in total. The van der Waals surface area contributed by atoms with Gasteiger partial charge < -0.3 is 4.89 Å². The van der Waals surface area contributed by atoms with Crippen LogP contribution in [0.25, 0.3) is 0 Å². The average molecular weight is 270 g/mol. The Morgan fingerprint density at radius 1 is 0.900 bits per heavy atom. The third kappa shape index (κ3) is 3.68. The zero-order valence-electron chi connectivity index (χ0n) is 11.9. The maximum Gasteiger partial charge on any atom is 0.196 e. The minimum absolute atomic E-state index is 0.0845. The number of carbonyl (C=O) groups excluding carboxylic acids is 1. The number of carbonyl (C=O) groups is 1. The number of benzene rings is 2. The molecule has 2 rings (SSSR count). The van der Waals surface area contributed by atoms with E-state index >= 15 is 0 Å². The van der Waals surface area contributed by atoms with Crippen LogP contribution in [0.1, 0.15) is 36.7 Å². The van der Waals surface area contributed by atoms with Crippen molar-refractivity contribution in [3.05, 3.63) is 65.7 Å². The van der Waals surface area contributed by atoms with Crippen molar-refractivity contribution in [2.75, 3.05) is 0 Å². The lowest BCUT2D eigenvalue weighted by Gasteiger charge is -2.18. The van der Waals surface area contributed by atoms with Gasteiger partial charge in [0.05, 0.1) is 5.56 Å². The smallest absolute Gasteiger partial charge is 0.196 e. The van der Waals surface area contributed by atoms with Crippen LogP contribution in [-0.4, -0.2) is 11.4 Å². The van der Waals surface area contributed by atoms with Gasteiger partial charge in [0.1, 0.15) is 5.60 Å². The molecule has 0 unspecified atom stereocenters. The van der Waals surface area contributed by atoms with Crippen LogP contribution in [0.4, 0.5) is 0 Å². The molecule has 0 amide bonds. The van der Waals surface area contributed by atoms with Crippen LogP contribution in [-0.2, 0) is 4.89 Å². The topological polar surface area (TPSA) is 35.5 Å². The van der Waals surface area contributed by atoms with Gasteiger partial charge in [-0.05, 0) is 32.9 Å². The van der Waals surface area contributed by atoms with E-state index < -0.39 is 5.60 Å². The lowest BCUT2D eigenvalue weighted by molar-refractivity contribution is -0.274. The number of hydrogen-bond acceptors (Lipinski definition) is 3. The second kappa shape index (κ2) is 5.88. The summed E-state index contributed by atoms with van der Waals surface area (Å²) in [5.41, 5.74) is 0.672. The Labute approximate surface area is 119 Å². The molecule has 0 atom stereocenters. The minimum Gasteiger partial charge on any atom is -0.336 e. The van der Waals surface area contributed by atoms with Crippen LogP contribution >= 0.6 is 0 Å². The molecular formula is C17H18O3. The van der Waals surface area contributed by atoms with Crippen molar-refractivity contribution in [3.8, 4) is 5.75 Å². The van der Waals surface area contributed by atoms with Gasteiger partial charge in [0.25, 0.3) is 0 Å². The molecule has 0 aliphatic heterocycles. The maximum atomic E-state index is 12.5. The Balaban J connectivity index is 2.26. The van der Waals surface area contributed by atoms with Crippen LogP contribution < -0.4 is 4.89 Å². The summed E-state index contributed by atoms with van der Waals surface area (Å²) in [5.74, 6) is 0.343. The fourth-order valence-corrected chi connectivity index (χ4v) is 1.64. The normalized spacial score (nSPS) is 11.2. The zero-order valence-corrected chi connectivity index (χ0v) is 11.9. The van der Waals surface area contributed by atoms with Crippen LogP contribution in [0.3, 0.4) is 0 Å². The zero-order chi connectivity index (χ0) is 14.6. The van der Waals surface area contributed by atoms with E-state index in [4.69, 9.17) is 9.78 Å². The largest absolute Gasteiger partial charge is 0.336 e. The summed E-state index contributed by atoms with van der Waals surface area (Å²) >= 11 is 0. The monoisotopic (exact) mass is 270 g/mol. The predicted octanol–water partition coefficient (Wildman–Crippen LogP) is 4.03. The van der Waals surface area contributed by atoms with Crippen LogP contribution in [0.15, 0.2) is 54.6 Å². The lowest BCUT2D eigenvalue weighted by atomic mass is 10.0. The van der Waals surface area contributed by atoms with Gasteiger partial charge in [0.2, 0.25) is 0 Å². The first-order valence-corrected chi connectivity index (χ1v) is 6.52. The fraction of sp³-hybridized carbons (Fsp3) is 0.235. The van der Waals surface area contributed by atoms with Gasteiger partial charge in [-0.3, -0.25) is 4.79 Å². The molecule has 0 aliphatic rings. The first-order valence-electron chi connectivity index (χ1n) is 6.52. The summed E-state index contributed by atoms with van der Waals surface area (Å²) in [6.07, 6.45) is 0. The van der Waals surface area contributed by atoms with E-state index in [1.54, 1.807) is 30.3 Å². The van der Waals surface area contributed by atoms with Gasteiger partial charge in [-0.1, -0.05) is 42.5 Å². The van der Waals surface area contributed by atoms with Gasteiger partial charge >= 0.3 is 0 Å². The highest BCUT2D eigenvalue weighted by Crippen LogP contribution is 2.23. The molecule has 2 aromatic rings. The Bertz CT molecular complexity index is 583. The van der Waals surface area contributed by atoms with Crippen molar-refractivity contribution >= 4 is 5.78 Å². The molecule has 2 aromatic carbocycles. The van der Waals surface area contributed by atoms with E-state index in [2.05, 4.69) is 0 Å². The summed E-state index contributed by atoms with van der Waals surface area (Å²) in [7, 11) is 0. The lowest BCUT2D eigenvalue weighted by Crippen LogP contribution is -2.22. The molecule has 0 aliphatic carbocycles. The molecule has 0 heterocycles. The average Bonchev–Trinajstić information content (AvgIpc) is 2.45. The molecule has 0 radical (unpaired) electrons. The summed E-state index contributed by atoms with van der Waals surface area (Å²) < 4.78 is 0. The first kappa shape index (κ1) is 14.3. The van der Waals surface area contributed by atoms with Gasteiger partial charge in [-0.15, -0.1) is 0 Å². The Kier molecular flexibility index (Phi) is 4.20. The van der Waals surface area contributed by atoms with E-state index in [-0.39, 0.29) is 5.78 Å². The molecule has 20 heavy (non-hydrogen) atoms. The minimum atomic E-state index is -0.442. The molecule has 104 valence electrons. The van der Waals surface area contributed by atoms with Crippen molar-refractivity contribution < 1.29 is 14.6 Å². The summed E-state index contributed by atoms with van der Waals surface area (Å²) in [6, 6.07) is 16.2. The van der Waals surface area contributed by atoms with Crippen LogP contribution in [0.2, 0.25) is 0 Å². The molecule has 0 aromatic heterocycles. The highest BCUT2D eigenvalue weighted by Gasteiger charge is 2.18. The predicted molar refractivity (Wildman–Crippen MR) is 77.8 cm³/mol. The quantitative estimate of drug-likeness (QED) is 0.478. The first-order chi connectivity index (χ1) is 9.47. The number of hydrogen-bond donors (Lipinski definition) is 0. The highest BCUT2D eigenvalue weighted by molar-refractivity contribution is 6.10. The third-order valence-electron chi connectivity index (χ3n) is 2.55. The molecule has 0 spiro atoms. The molecule has 0 saturated carbocycles. The van der Waals surface area contributed by atoms with E-state index in [1.165, 1.54) is 0 Å². The van der Waals surface area contributed by atoms with E-state index in [0.29, 0.717) is 16.9 Å². The fourth-order valence-electron chi connectivity index (χ4n) is 1.64. The van der Waals surface area contributed by atoms with Crippen LogP contribution in [0, 0.1) is 0 Å². The van der Waals surface area contributed by atoms with Crippen molar-refractivity contribution in [1.29, 1.82) is 0 Å². The van der Waals surface area contributed by atoms with Crippen molar-refractivity contribution in [1.82, 2.24) is 0 Å². The standard InChI is InChI=1S/C17H18O3/c1-17(2,3)20-19-15-12-8-7-11-14(15)16(18)13-9-5-4-6-10-13/h4-12H,1-3H3. The second-order valence-electron chi connectivity index (χ2n) is 5.47. The number of para-hydroxylation sites is 1. The Morgan fingerprint density at radius 3 is 2.15 bits per heavy atom. The SMILES string of the molecule is CC(C)(C)OOc1ccccc1C(=O)c1ccccc1. The van der Waals surface area contributed by atoms with Crippen LogP contribution in [0.5, 0.6) is 5.75 Å². The molecule has 0 fully saturated rings. The maximum absolute atomic E-state index is 12.5. The Morgan fingerprint density at radius 2 is 1.50 bits per heavy atom. The Hall–Kier alpha value is -2.13.